The zero-order chi connectivity index (χ0) is 22.6. The number of methoxy groups -OCH3 is 1. The molecule has 0 atom stereocenters. The monoisotopic (exact) mass is 440 g/mol. The normalized spacial score (nSPS) is 13.1. The van der Waals surface area contributed by atoms with Crippen molar-refractivity contribution in [2.24, 2.45) is 4.99 Å². The number of nitrogens with zero attached hydrogens (tertiary/aromatic N) is 2. The van der Waals surface area contributed by atoms with Crippen molar-refractivity contribution in [3.05, 3.63) is 59.2 Å². The molecule has 0 aliphatic carbocycles. The lowest BCUT2D eigenvalue weighted by molar-refractivity contribution is 0.150. The molecule has 0 saturated carbocycles. The van der Waals surface area contributed by atoms with Crippen LogP contribution in [0.15, 0.2) is 47.5 Å². The molecule has 0 saturated heterocycles. The van der Waals surface area contributed by atoms with Crippen molar-refractivity contribution in [3.63, 3.8) is 0 Å². The van der Waals surface area contributed by atoms with Crippen LogP contribution in [0.2, 0.25) is 0 Å². The van der Waals surface area contributed by atoms with Gasteiger partial charge in [-0.3, -0.25) is 4.99 Å². The Labute approximate surface area is 191 Å². The first kappa shape index (κ1) is 23.9. The standard InChI is InChI=1S/C25H36N4O3/c1-26-25(27-11-9-20-7-8-24-22(17-20)10-14-32-24)28-19-21-5-4-6-23(18-21)31-16-13-29(2)12-15-30-3/h4-8,17-18H,9-16,19H2,1-3H3,(H2,26,27,28). The fraction of sp³-hybridized carbons (Fsp3) is 0.480. The van der Waals surface area contributed by atoms with Gasteiger partial charge in [-0.25, -0.2) is 0 Å². The van der Waals surface area contributed by atoms with E-state index < -0.39 is 0 Å². The fourth-order valence-electron chi connectivity index (χ4n) is 3.55. The maximum atomic E-state index is 5.91. The zero-order valence-electron chi connectivity index (χ0n) is 19.5. The van der Waals surface area contributed by atoms with Gasteiger partial charge in [0, 0.05) is 46.8 Å². The molecular formula is C25H36N4O3. The van der Waals surface area contributed by atoms with E-state index in [2.05, 4.69) is 57.9 Å². The van der Waals surface area contributed by atoms with E-state index in [1.165, 1.54) is 11.1 Å². The maximum Gasteiger partial charge on any atom is 0.191 e. The SMILES string of the molecule is CN=C(NCCc1ccc2c(c1)CCO2)NCc1cccc(OCCN(C)CCOC)c1. The number of nitrogens with one attached hydrogen (secondary N) is 2. The summed E-state index contributed by atoms with van der Waals surface area (Å²) in [7, 11) is 5.58. The molecule has 2 N–H and O–H groups in total. The Morgan fingerprint density at radius 1 is 1.09 bits per heavy atom. The lowest BCUT2D eigenvalue weighted by Gasteiger charge is -2.16. The van der Waals surface area contributed by atoms with Crippen molar-refractivity contribution in [3.8, 4) is 11.5 Å². The summed E-state index contributed by atoms with van der Waals surface area (Å²) in [4.78, 5) is 6.53. The van der Waals surface area contributed by atoms with Crippen LogP contribution >= 0.6 is 0 Å². The van der Waals surface area contributed by atoms with Crippen molar-refractivity contribution in [2.75, 3.05) is 60.7 Å². The summed E-state index contributed by atoms with van der Waals surface area (Å²) in [5, 5.41) is 6.77. The van der Waals surface area contributed by atoms with Crippen molar-refractivity contribution in [2.45, 2.75) is 19.4 Å². The Morgan fingerprint density at radius 2 is 1.97 bits per heavy atom. The van der Waals surface area contributed by atoms with Crippen LogP contribution in [-0.4, -0.2) is 71.5 Å². The minimum Gasteiger partial charge on any atom is -0.493 e. The van der Waals surface area contributed by atoms with Crippen LogP contribution in [0.25, 0.3) is 0 Å². The first-order valence-electron chi connectivity index (χ1n) is 11.3. The second-order valence-electron chi connectivity index (χ2n) is 7.94. The van der Waals surface area contributed by atoms with Gasteiger partial charge in [0.25, 0.3) is 0 Å². The van der Waals surface area contributed by atoms with Gasteiger partial charge < -0.3 is 29.7 Å². The summed E-state index contributed by atoms with van der Waals surface area (Å²) in [5.41, 5.74) is 3.78. The molecule has 3 rings (SSSR count). The molecule has 2 aromatic carbocycles. The quantitative estimate of drug-likeness (QED) is 0.391. The summed E-state index contributed by atoms with van der Waals surface area (Å²) in [6.45, 7) is 5.44. The van der Waals surface area contributed by atoms with Crippen LogP contribution in [-0.2, 0) is 24.1 Å². The molecule has 0 aromatic heterocycles. The number of aliphatic imine (C=N–C) groups is 1. The molecule has 1 aliphatic heterocycles. The molecular weight excluding hydrogens is 404 g/mol. The second-order valence-corrected chi connectivity index (χ2v) is 7.94. The van der Waals surface area contributed by atoms with Gasteiger partial charge in [0.2, 0.25) is 0 Å². The van der Waals surface area contributed by atoms with E-state index in [1.54, 1.807) is 14.2 Å². The average molecular weight is 441 g/mol. The summed E-state index contributed by atoms with van der Waals surface area (Å²) in [6, 6.07) is 14.6. The fourth-order valence-corrected chi connectivity index (χ4v) is 3.55. The Hall–Kier alpha value is -2.77. The highest BCUT2D eigenvalue weighted by atomic mass is 16.5. The third kappa shape index (κ3) is 7.73. The number of rotatable bonds is 12. The number of likely N-dealkylation sites (N-methyl/N-ethyl adjacent to an activating group) is 1. The van der Waals surface area contributed by atoms with E-state index >= 15 is 0 Å². The smallest absolute Gasteiger partial charge is 0.191 e. The molecule has 0 bridgehead atoms. The summed E-state index contributed by atoms with van der Waals surface area (Å²) >= 11 is 0. The van der Waals surface area contributed by atoms with Gasteiger partial charge >= 0.3 is 0 Å². The Kier molecular flexibility index (Phi) is 9.65. The number of hydrogen-bond donors (Lipinski definition) is 2. The van der Waals surface area contributed by atoms with E-state index in [1.807, 2.05) is 12.1 Å². The van der Waals surface area contributed by atoms with Crippen LogP contribution in [0, 0.1) is 0 Å². The van der Waals surface area contributed by atoms with Gasteiger partial charge in [-0.1, -0.05) is 24.3 Å². The van der Waals surface area contributed by atoms with Crippen molar-refractivity contribution in [1.29, 1.82) is 0 Å². The first-order chi connectivity index (χ1) is 15.7. The van der Waals surface area contributed by atoms with Crippen LogP contribution in [0.1, 0.15) is 16.7 Å². The van der Waals surface area contributed by atoms with Gasteiger partial charge in [0.1, 0.15) is 18.1 Å². The van der Waals surface area contributed by atoms with E-state index in [9.17, 15) is 0 Å². The van der Waals surface area contributed by atoms with Gasteiger partial charge in [0.05, 0.1) is 13.2 Å². The minimum absolute atomic E-state index is 0.648. The van der Waals surface area contributed by atoms with E-state index in [-0.39, 0.29) is 0 Å². The minimum atomic E-state index is 0.648. The average Bonchev–Trinajstić information content (AvgIpc) is 3.28. The molecule has 0 unspecified atom stereocenters. The first-order valence-corrected chi connectivity index (χ1v) is 11.3. The summed E-state index contributed by atoms with van der Waals surface area (Å²) in [5.74, 6) is 2.71. The summed E-state index contributed by atoms with van der Waals surface area (Å²) in [6.07, 6.45) is 1.95. The maximum absolute atomic E-state index is 5.91. The number of ether oxygens (including phenoxy) is 3. The second kappa shape index (κ2) is 12.9. The molecule has 0 fully saturated rings. The van der Waals surface area contributed by atoms with Gasteiger partial charge in [-0.2, -0.15) is 0 Å². The molecule has 0 amide bonds. The molecule has 7 nitrogen and oxygen atoms in total. The highest BCUT2D eigenvalue weighted by Gasteiger charge is 2.11. The van der Waals surface area contributed by atoms with Crippen LogP contribution in [0.3, 0.4) is 0 Å². The predicted molar refractivity (Wildman–Crippen MR) is 129 cm³/mol. The Bertz CT molecular complexity index is 872. The van der Waals surface area contributed by atoms with Gasteiger partial charge in [-0.15, -0.1) is 0 Å². The highest BCUT2D eigenvalue weighted by Crippen LogP contribution is 2.25. The van der Waals surface area contributed by atoms with Gasteiger partial charge in [-0.05, 0) is 48.4 Å². The Morgan fingerprint density at radius 3 is 2.81 bits per heavy atom. The number of hydrogen-bond acceptors (Lipinski definition) is 5. The van der Waals surface area contributed by atoms with Crippen LogP contribution in [0.4, 0.5) is 0 Å². The molecule has 32 heavy (non-hydrogen) atoms. The van der Waals surface area contributed by atoms with Crippen molar-refractivity contribution < 1.29 is 14.2 Å². The molecule has 0 radical (unpaired) electrons. The van der Waals surface area contributed by atoms with E-state index in [0.717, 1.165) is 68.7 Å². The van der Waals surface area contributed by atoms with Crippen molar-refractivity contribution in [1.82, 2.24) is 15.5 Å². The Balaban J connectivity index is 1.38. The van der Waals surface area contributed by atoms with Gasteiger partial charge in [0.15, 0.2) is 5.96 Å². The number of guanidine groups is 1. The molecule has 7 heteroatoms. The lowest BCUT2D eigenvalue weighted by atomic mass is 10.1. The molecule has 1 aliphatic rings. The molecule has 174 valence electrons. The van der Waals surface area contributed by atoms with Crippen LogP contribution in [0.5, 0.6) is 11.5 Å². The molecule has 0 spiro atoms. The summed E-state index contributed by atoms with van der Waals surface area (Å²) < 4.78 is 16.6. The third-order valence-corrected chi connectivity index (χ3v) is 5.46. The molecule has 1 heterocycles. The topological polar surface area (TPSA) is 67.4 Å². The largest absolute Gasteiger partial charge is 0.493 e. The predicted octanol–water partition coefficient (Wildman–Crippen LogP) is 2.49. The number of benzene rings is 2. The number of fused-ring (bicyclic) bond motifs is 1. The lowest BCUT2D eigenvalue weighted by Crippen LogP contribution is -2.37. The van der Waals surface area contributed by atoms with E-state index in [0.29, 0.717) is 13.2 Å². The van der Waals surface area contributed by atoms with Crippen LogP contribution < -0.4 is 20.1 Å². The zero-order valence-corrected chi connectivity index (χ0v) is 19.5. The van der Waals surface area contributed by atoms with Crippen molar-refractivity contribution >= 4 is 5.96 Å². The molecule has 2 aromatic rings. The highest BCUT2D eigenvalue weighted by molar-refractivity contribution is 5.79. The third-order valence-electron chi connectivity index (χ3n) is 5.46. The van der Waals surface area contributed by atoms with E-state index in [4.69, 9.17) is 14.2 Å².